The van der Waals surface area contributed by atoms with E-state index in [-0.39, 0.29) is 0 Å². The van der Waals surface area contributed by atoms with E-state index in [1.807, 2.05) is 41.1 Å². The van der Waals surface area contributed by atoms with E-state index in [1.54, 1.807) is 6.20 Å². The van der Waals surface area contributed by atoms with E-state index in [2.05, 4.69) is 4.98 Å². The fourth-order valence-electron chi connectivity index (χ4n) is 1.61. The molecule has 2 rings (SSSR count). The Hall–Kier alpha value is -2.44. The largest absolute Gasteiger partial charge is 0.342 e. The van der Waals surface area contributed by atoms with Crippen LogP contribution in [-0.4, -0.2) is 31.1 Å². The molecule has 0 bridgehead atoms. The molecule has 0 fully saturated rings. The summed E-state index contributed by atoms with van der Waals surface area (Å²) < 4.78 is 1.89. The molecule has 6 nitrogen and oxygen atoms in total. The van der Waals surface area contributed by atoms with Gasteiger partial charge in [-0.25, -0.2) is 0 Å². The van der Waals surface area contributed by atoms with Crippen LogP contribution < -0.4 is 0 Å². The molecule has 0 spiro atoms. The van der Waals surface area contributed by atoms with Crippen LogP contribution in [0.2, 0.25) is 0 Å². The molecule has 0 aliphatic heterocycles. The molecule has 0 unspecified atom stereocenters. The molecule has 0 aliphatic carbocycles. The first-order chi connectivity index (χ1) is 9.16. The van der Waals surface area contributed by atoms with Gasteiger partial charge in [-0.2, -0.15) is 0 Å². The fraction of sp³-hybridized carbons (Fsp3) is 0.0769. The van der Waals surface area contributed by atoms with E-state index in [9.17, 15) is 4.79 Å². The molecule has 0 radical (unpaired) electrons. The summed E-state index contributed by atoms with van der Waals surface area (Å²) in [5.74, 6) is -0.911. The average Bonchev–Trinajstić information content (AvgIpc) is 2.84. The van der Waals surface area contributed by atoms with Crippen LogP contribution >= 0.6 is 0 Å². The van der Waals surface area contributed by atoms with Gasteiger partial charge in [-0.3, -0.25) is 20.2 Å². The zero-order chi connectivity index (χ0) is 13.7. The van der Waals surface area contributed by atoms with Gasteiger partial charge in [-0.15, -0.1) is 0 Å². The van der Waals surface area contributed by atoms with Crippen molar-refractivity contribution in [1.82, 2.24) is 14.8 Å². The minimum absolute atomic E-state index is 0.456. The van der Waals surface area contributed by atoms with Gasteiger partial charge in [0.25, 0.3) is 5.91 Å². The van der Waals surface area contributed by atoms with Crippen LogP contribution in [0, 0.1) is 0 Å². The fourth-order valence-corrected chi connectivity index (χ4v) is 1.61. The first kappa shape index (κ1) is 13.0. The number of rotatable bonds is 4. The molecule has 1 amide bonds. The molecule has 0 aliphatic rings. The van der Waals surface area contributed by atoms with Crippen molar-refractivity contribution in [3.05, 3.63) is 60.2 Å². The monoisotopic (exact) mass is 259 g/mol. The minimum Gasteiger partial charge on any atom is -0.342 e. The normalized spacial score (nSPS) is 10.8. The van der Waals surface area contributed by atoms with E-state index in [1.165, 1.54) is 6.08 Å². The molecule has 2 N–H and O–H groups in total. The molecular weight excluding hydrogens is 246 g/mol. The van der Waals surface area contributed by atoms with Crippen molar-refractivity contribution in [3.63, 3.8) is 0 Å². The number of hydroxylamine groups is 2. The van der Waals surface area contributed by atoms with Gasteiger partial charge < -0.3 is 4.57 Å². The minimum atomic E-state index is -0.911. The Kier molecular flexibility index (Phi) is 4.07. The summed E-state index contributed by atoms with van der Waals surface area (Å²) >= 11 is 0. The van der Waals surface area contributed by atoms with E-state index < -0.39 is 11.1 Å². The van der Waals surface area contributed by atoms with Gasteiger partial charge in [0.15, 0.2) is 0 Å². The van der Waals surface area contributed by atoms with Gasteiger partial charge in [-0.05, 0) is 30.3 Å². The van der Waals surface area contributed by atoms with Crippen molar-refractivity contribution in [2.75, 3.05) is 0 Å². The van der Waals surface area contributed by atoms with Gasteiger partial charge >= 0.3 is 0 Å². The van der Waals surface area contributed by atoms with Gasteiger partial charge in [0, 0.05) is 24.2 Å². The number of hydrogen-bond acceptors (Lipinski definition) is 4. The Morgan fingerprint density at radius 2 is 2.16 bits per heavy atom. The van der Waals surface area contributed by atoms with Crippen molar-refractivity contribution in [2.45, 2.75) is 6.54 Å². The zero-order valence-electron chi connectivity index (χ0n) is 10.0. The molecule has 0 atom stereocenters. The van der Waals surface area contributed by atoms with Gasteiger partial charge in [0.2, 0.25) is 0 Å². The van der Waals surface area contributed by atoms with Crippen molar-refractivity contribution >= 4 is 12.0 Å². The van der Waals surface area contributed by atoms with Crippen LogP contribution in [0.5, 0.6) is 0 Å². The number of amides is 1. The molecule has 2 aromatic rings. The first-order valence-corrected chi connectivity index (χ1v) is 5.62. The second-order valence-corrected chi connectivity index (χ2v) is 3.84. The highest BCUT2D eigenvalue weighted by Crippen LogP contribution is 2.08. The molecule has 2 aromatic heterocycles. The van der Waals surface area contributed by atoms with Crippen LogP contribution in [0.15, 0.2) is 48.8 Å². The van der Waals surface area contributed by atoms with Crippen LogP contribution in [0.25, 0.3) is 6.08 Å². The number of nitrogens with zero attached hydrogens (tertiary/aromatic N) is 3. The molecule has 19 heavy (non-hydrogen) atoms. The summed E-state index contributed by atoms with van der Waals surface area (Å²) in [7, 11) is 0. The molecule has 0 aromatic carbocycles. The first-order valence-electron chi connectivity index (χ1n) is 5.62. The van der Waals surface area contributed by atoms with Gasteiger partial charge in [0.1, 0.15) is 0 Å². The highest BCUT2D eigenvalue weighted by Gasteiger charge is 2.04. The Bertz CT molecular complexity index is 576. The third kappa shape index (κ3) is 3.51. The summed E-state index contributed by atoms with van der Waals surface area (Å²) in [6.07, 6.45) is 6.15. The second kappa shape index (κ2) is 5.94. The number of hydrogen-bond donors (Lipinski definition) is 2. The van der Waals surface area contributed by atoms with Crippen LogP contribution in [0.4, 0.5) is 0 Å². The van der Waals surface area contributed by atoms with Crippen molar-refractivity contribution in [3.8, 4) is 0 Å². The number of aromatic nitrogens is 2. The molecule has 2 heterocycles. The highest BCUT2D eigenvalue weighted by molar-refractivity contribution is 5.89. The third-order valence-corrected chi connectivity index (χ3v) is 2.52. The maximum atomic E-state index is 11.0. The molecular formula is C13H13N3O3. The van der Waals surface area contributed by atoms with Crippen molar-refractivity contribution < 1.29 is 15.2 Å². The van der Waals surface area contributed by atoms with E-state index in [4.69, 9.17) is 10.4 Å². The maximum Gasteiger partial charge on any atom is 0.296 e. The smallest absolute Gasteiger partial charge is 0.296 e. The van der Waals surface area contributed by atoms with Gasteiger partial charge in [-0.1, -0.05) is 11.3 Å². The lowest BCUT2D eigenvalue weighted by Crippen LogP contribution is -2.20. The Balaban J connectivity index is 2.12. The highest BCUT2D eigenvalue weighted by atomic mass is 16.8. The predicted octanol–water partition coefficient (Wildman–Crippen LogP) is 1.55. The van der Waals surface area contributed by atoms with Crippen LogP contribution in [0.1, 0.15) is 11.4 Å². The predicted molar refractivity (Wildman–Crippen MR) is 67.2 cm³/mol. The van der Waals surface area contributed by atoms with Gasteiger partial charge in [0.05, 0.1) is 12.2 Å². The molecule has 0 saturated heterocycles. The lowest BCUT2D eigenvalue weighted by Gasteiger charge is -2.06. The summed E-state index contributed by atoms with van der Waals surface area (Å²) in [5, 5.41) is 16.6. The van der Waals surface area contributed by atoms with Crippen molar-refractivity contribution in [1.29, 1.82) is 0 Å². The lowest BCUT2D eigenvalue weighted by molar-refractivity contribution is -0.280. The molecule has 6 heteroatoms. The van der Waals surface area contributed by atoms with E-state index in [0.29, 0.717) is 6.54 Å². The van der Waals surface area contributed by atoms with Crippen LogP contribution in [-0.2, 0) is 11.3 Å². The molecule has 0 saturated carbocycles. The Labute approximate surface area is 109 Å². The summed E-state index contributed by atoms with van der Waals surface area (Å²) in [5.41, 5.74) is 1.66. The topological polar surface area (TPSA) is 78.6 Å². The number of pyridine rings is 1. The van der Waals surface area contributed by atoms with E-state index >= 15 is 0 Å². The summed E-state index contributed by atoms with van der Waals surface area (Å²) in [4.78, 5) is 15.2. The van der Waals surface area contributed by atoms with E-state index in [0.717, 1.165) is 17.5 Å². The Morgan fingerprint density at radius 3 is 2.84 bits per heavy atom. The number of carbonyl (C=O) groups is 1. The average molecular weight is 259 g/mol. The SMILES string of the molecule is O=C(/C=C/c1cccn1Cc1ccccn1)N(O)O. The molecule has 98 valence electrons. The second-order valence-electron chi connectivity index (χ2n) is 3.84. The zero-order valence-corrected chi connectivity index (χ0v) is 10.0. The van der Waals surface area contributed by atoms with Crippen LogP contribution in [0.3, 0.4) is 0 Å². The standard InChI is InChI=1S/C13H13N3O3/c17-13(16(18)19)7-6-12-5-3-9-15(12)10-11-4-1-2-8-14-11/h1-9,18-19H,10H2/b7-6+. The number of carbonyl (C=O) groups excluding carboxylic acids is 1. The Morgan fingerprint density at radius 1 is 1.32 bits per heavy atom. The maximum absolute atomic E-state index is 11.0. The lowest BCUT2D eigenvalue weighted by atomic mass is 10.3. The summed E-state index contributed by atoms with van der Waals surface area (Å²) in [6.45, 7) is 0.573. The summed E-state index contributed by atoms with van der Waals surface area (Å²) in [6, 6.07) is 9.30. The quantitative estimate of drug-likeness (QED) is 0.496. The van der Waals surface area contributed by atoms with Crippen molar-refractivity contribution in [2.24, 2.45) is 0 Å². The third-order valence-electron chi connectivity index (χ3n) is 2.52.